The minimum absolute atomic E-state index is 0.0245. The van der Waals surface area contributed by atoms with E-state index in [4.69, 9.17) is 4.74 Å². The summed E-state index contributed by atoms with van der Waals surface area (Å²) in [5, 5.41) is 20.4. The van der Waals surface area contributed by atoms with E-state index in [9.17, 15) is 10.1 Å². The van der Waals surface area contributed by atoms with Crippen molar-refractivity contribution in [2.75, 3.05) is 11.9 Å². The van der Waals surface area contributed by atoms with Crippen LogP contribution in [0.5, 0.6) is 5.75 Å². The van der Waals surface area contributed by atoms with E-state index in [-0.39, 0.29) is 11.4 Å². The molecule has 32 heavy (non-hydrogen) atoms. The fourth-order valence-corrected chi connectivity index (χ4v) is 4.44. The normalized spacial score (nSPS) is 20.5. The fraction of sp³-hybridized carbons (Fsp3) is 0.417. The second-order valence-corrected chi connectivity index (χ2v) is 8.58. The average Bonchev–Trinajstić information content (AvgIpc) is 3.18. The number of nitrogens with zero attached hydrogens (tertiary/aromatic N) is 4. The van der Waals surface area contributed by atoms with Crippen molar-refractivity contribution in [3.05, 3.63) is 42.4 Å². The van der Waals surface area contributed by atoms with Gasteiger partial charge >= 0.3 is 0 Å². The lowest BCUT2D eigenvalue weighted by atomic mass is 9.80. The maximum Gasteiger partial charge on any atom is 0.217 e. The zero-order valence-electron chi connectivity index (χ0n) is 18.7. The highest BCUT2D eigenvalue weighted by Crippen LogP contribution is 2.32. The Morgan fingerprint density at radius 3 is 2.75 bits per heavy atom. The summed E-state index contributed by atoms with van der Waals surface area (Å²) in [5.74, 6) is 1.53. The highest BCUT2D eigenvalue weighted by molar-refractivity contribution is 5.85. The van der Waals surface area contributed by atoms with E-state index < -0.39 is 0 Å². The second-order valence-electron chi connectivity index (χ2n) is 8.58. The number of carbonyl (C=O) groups is 1. The molecule has 3 heterocycles. The van der Waals surface area contributed by atoms with Crippen LogP contribution in [0.25, 0.3) is 16.6 Å². The van der Waals surface area contributed by atoms with Gasteiger partial charge in [-0.2, -0.15) is 10.4 Å². The van der Waals surface area contributed by atoms with Crippen LogP contribution in [0.15, 0.2) is 36.8 Å². The predicted octanol–water partition coefficient (Wildman–Crippen LogP) is 3.92. The SMILES string of the molecule is CCOc1cc(-c2ccc(NC3CCC(C)(NC(C)=O)CC3)nc2)c2c(C#N)cnn2c1. The van der Waals surface area contributed by atoms with Gasteiger partial charge in [0.1, 0.15) is 17.6 Å². The maximum absolute atomic E-state index is 11.4. The first-order valence-corrected chi connectivity index (χ1v) is 11.0. The number of hydrogen-bond acceptors (Lipinski definition) is 6. The molecular formula is C24H28N6O2. The minimum Gasteiger partial charge on any atom is -0.492 e. The van der Waals surface area contributed by atoms with E-state index in [2.05, 4.69) is 33.7 Å². The van der Waals surface area contributed by atoms with Crippen molar-refractivity contribution in [1.29, 1.82) is 5.26 Å². The molecule has 0 bridgehead atoms. The molecular weight excluding hydrogens is 404 g/mol. The lowest BCUT2D eigenvalue weighted by molar-refractivity contribution is -0.121. The number of carbonyl (C=O) groups excluding carboxylic acids is 1. The molecule has 1 aliphatic carbocycles. The topological polar surface area (TPSA) is 104 Å². The number of hydrogen-bond donors (Lipinski definition) is 2. The lowest BCUT2D eigenvalue weighted by Crippen LogP contribution is -2.49. The molecule has 0 saturated heterocycles. The third-order valence-electron chi connectivity index (χ3n) is 6.01. The molecule has 3 aromatic heterocycles. The van der Waals surface area contributed by atoms with Gasteiger partial charge in [-0.3, -0.25) is 4.79 Å². The van der Waals surface area contributed by atoms with Crippen LogP contribution in [0.2, 0.25) is 0 Å². The van der Waals surface area contributed by atoms with E-state index in [1.54, 1.807) is 23.8 Å². The summed E-state index contributed by atoms with van der Waals surface area (Å²) < 4.78 is 7.36. The van der Waals surface area contributed by atoms with E-state index >= 15 is 0 Å². The number of ether oxygens (including phenoxy) is 1. The Morgan fingerprint density at radius 1 is 1.34 bits per heavy atom. The number of nitriles is 1. The van der Waals surface area contributed by atoms with Crippen molar-refractivity contribution in [2.24, 2.45) is 0 Å². The van der Waals surface area contributed by atoms with Gasteiger partial charge in [-0.05, 0) is 57.7 Å². The van der Waals surface area contributed by atoms with Crippen LogP contribution in [-0.2, 0) is 4.79 Å². The van der Waals surface area contributed by atoms with Gasteiger partial charge in [0.25, 0.3) is 0 Å². The molecule has 1 fully saturated rings. The Hall–Kier alpha value is -3.60. The highest BCUT2D eigenvalue weighted by Gasteiger charge is 2.31. The molecule has 2 N–H and O–H groups in total. The van der Waals surface area contributed by atoms with E-state index in [0.29, 0.717) is 24.0 Å². The molecule has 8 nitrogen and oxygen atoms in total. The Balaban J connectivity index is 1.52. The third kappa shape index (κ3) is 4.52. The van der Waals surface area contributed by atoms with Crippen molar-refractivity contribution in [2.45, 2.75) is 58.0 Å². The van der Waals surface area contributed by atoms with Crippen molar-refractivity contribution >= 4 is 17.2 Å². The van der Waals surface area contributed by atoms with Gasteiger partial charge in [-0.15, -0.1) is 0 Å². The van der Waals surface area contributed by atoms with Gasteiger partial charge in [0.2, 0.25) is 5.91 Å². The number of rotatable bonds is 6. The molecule has 1 amide bonds. The van der Waals surface area contributed by atoms with E-state index in [1.165, 1.54) is 0 Å². The fourth-order valence-electron chi connectivity index (χ4n) is 4.44. The van der Waals surface area contributed by atoms with Gasteiger partial charge in [0.15, 0.2) is 0 Å². The summed E-state index contributed by atoms with van der Waals surface area (Å²) in [6.45, 7) is 6.16. The average molecular weight is 433 g/mol. The molecule has 1 aliphatic rings. The Morgan fingerprint density at radius 2 is 2.12 bits per heavy atom. The molecule has 3 aromatic rings. The Labute approximate surface area is 187 Å². The van der Waals surface area contributed by atoms with Crippen LogP contribution in [0.4, 0.5) is 5.82 Å². The Kier molecular flexibility index (Phi) is 5.99. The number of nitrogens with one attached hydrogen (secondary N) is 2. The second kappa shape index (κ2) is 8.87. The number of pyridine rings is 2. The summed E-state index contributed by atoms with van der Waals surface area (Å²) in [4.78, 5) is 16.1. The van der Waals surface area contributed by atoms with Crippen LogP contribution in [0.1, 0.15) is 52.0 Å². The molecule has 4 rings (SSSR count). The van der Waals surface area contributed by atoms with Crippen LogP contribution < -0.4 is 15.4 Å². The van der Waals surface area contributed by atoms with Gasteiger partial charge in [0, 0.05) is 35.8 Å². The van der Waals surface area contributed by atoms with Crippen molar-refractivity contribution in [1.82, 2.24) is 19.9 Å². The van der Waals surface area contributed by atoms with Crippen LogP contribution in [-0.4, -0.2) is 38.7 Å². The summed E-state index contributed by atoms with van der Waals surface area (Å²) in [6.07, 6.45) is 8.97. The first-order valence-electron chi connectivity index (χ1n) is 11.0. The van der Waals surface area contributed by atoms with Gasteiger partial charge in [0.05, 0.1) is 30.1 Å². The largest absolute Gasteiger partial charge is 0.492 e. The molecule has 0 atom stereocenters. The molecule has 0 aromatic carbocycles. The zero-order chi connectivity index (χ0) is 22.7. The number of fused-ring (bicyclic) bond motifs is 1. The summed E-state index contributed by atoms with van der Waals surface area (Å²) in [6, 6.07) is 8.42. The maximum atomic E-state index is 11.4. The quantitative estimate of drug-likeness (QED) is 0.612. The van der Waals surface area contributed by atoms with Gasteiger partial charge in [-0.25, -0.2) is 9.50 Å². The summed E-state index contributed by atoms with van der Waals surface area (Å²) >= 11 is 0. The molecule has 0 radical (unpaired) electrons. The molecule has 0 aliphatic heterocycles. The Bertz CT molecular complexity index is 1150. The molecule has 166 valence electrons. The zero-order valence-corrected chi connectivity index (χ0v) is 18.7. The van der Waals surface area contributed by atoms with Crippen molar-refractivity contribution in [3.8, 4) is 22.9 Å². The first kappa shape index (κ1) is 21.6. The van der Waals surface area contributed by atoms with Crippen molar-refractivity contribution < 1.29 is 9.53 Å². The highest BCUT2D eigenvalue weighted by atomic mass is 16.5. The van der Waals surface area contributed by atoms with Crippen LogP contribution >= 0.6 is 0 Å². The van der Waals surface area contributed by atoms with Gasteiger partial charge in [-0.1, -0.05) is 0 Å². The standard InChI is InChI=1S/C24H28N6O2/c1-4-32-20-11-21(23-18(12-25)14-27-30(23)15-20)17-5-6-22(26-13-17)28-19-7-9-24(3,10-8-19)29-16(2)31/h5-6,11,13-15,19H,4,7-10H2,1-3H3,(H,26,28)(H,29,31). The molecule has 1 saturated carbocycles. The van der Waals surface area contributed by atoms with E-state index in [1.807, 2.05) is 31.3 Å². The van der Waals surface area contributed by atoms with Gasteiger partial charge < -0.3 is 15.4 Å². The number of anilines is 1. The molecule has 8 heteroatoms. The first-order chi connectivity index (χ1) is 15.4. The molecule has 0 unspecified atom stereocenters. The lowest BCUT2D eigenvalue weighted by Gasteiger charge is -2.38. The smallest absolute Gasteiger partial charge is 0.217 e. The van der Waals surface area contributed by atoms with Crippen molar-refractivity contribution in [3.63, 3.8) is 0 Å². The summed E-state index contributed by atoms with van der Waals surface area (Å²) in [5.41, 5.74) is 2.87. The monoisotopic (exact) mass is 432 g/mol. The number of amides is 1. The third-order valence-corrected chi connectivity index (χ3v) is 6.01. The summed E-state index contributed by atoms with van der Waals surface area (Å²) in [7, 11) is 0. The predicted molar refractivity (Wildman–Crippen MR) is 122 cm³/mol. The van der Waals surface area contributed by atoms with Crippen LogP contribution in [0.3, 0.4) is 0 Å². The van der Waals surface area contributed by atoms with Crippen LogP contribution in [0, 0.1) is 11.3 Å². The molecule has 0 spiro atoms. The minimum atomic E-state index is -0.123. The van der Waals surface area contributed by atoms with E-state index in [0.717, 1.165) is 48.1 Å². The number of aromatic nitrogens is 3.